The third kappa shape index (κ3) is 2.34. The number of hydrogen-bond donors (Lipinski definition) is 1. The minimum Gasteiger partial charge on any atom is -0.384 e. The summed E-state index contributed by atoms with van der Waals surface area (Å²) in [6.07, 6.45) is -0.548. The largest absolute Gasteiger partial charge is 0.384 e. The van der Waals surface area contributed by atoms with Crippen LogP contribution < -0.4 is 0 Å². The molecule has 0 saturated carbocycles. The number of rotatable bonds is 2. The van der Waals surface area contributed by atoms with Crippen LogP contribution in [0, 0.1) is 6.92 Å². The average molecular weight is 277 g/mol. The van der Waals surface area contributed by atoms with Gasteiger partial charge in [-0.25, -0.2) is 0 Å². The van der Waals surface area contributed by atoms with E-state index in [9.17, 15) is 5.11 Å². The second-order valence-electron chi connectivity index (χ2n) is 3.82. The highest BCUT2D eigenvalue weighted by Gasteiger charge is 2.10. The summed E-state index contributed by atoms with van der Waals surface area (Å²) in [5, 5.41) is 10.2. The summed E-state index contributed by atoms with van der Waals surface area (Å²) in [5.74, 6) is 0. The molecule has 0 radical (unpaired) electrons. The first-order chi connectivity index (χ1) is 7.68. The van der Waals surface area contributed by atoms with Crippen LogP contribution >= 0.6 is 15.9 Å². The van der Waals surface area contributed by atoms with Crippen molar-refractivity contribution in [1.29, 1.82) is 0 Å². The van der Waals surface area contributed by atoms with E-state index in [1.807, 2.05) is 55.5 Å². The average Bonchev–Trinajstić information content (AvgIpc) is 2.33. The normalized spacial score (nSPS) is 12.4. The minimum absolute atomic E-state index is 0.548. The maximum Gasteiger partial charge on any atom is 0.104 e. The smallest absolute Gasteiger partial charge is 0.104 e. The monoisotopic (exact) mass is 276 g/mol. The van der Waals surface area contributed by atoms with Gasteiger partial charge in [0.2, 0.25) is 0 Å². The van der Waals surface area contributed by atoms with Crippen LogP contribution in [0.25, 0.3) is 0 Å². The maximum absolute atomic E-state index is 10.2. The van der Waals surface area contributed by atoms with E-state index in [1.165, 1.54) is 0 Å². The van der Waals surface area contributed by atoms with Gasteiger partial charge in [-0.3, -0.25) is 0 Å². The molecular formula is C14H13BrO. The standard InChI is InChI=1S/C14H13BrO/c1-10-9-12(7-8-13(10)15)14(16)11-5-3-2-4-6-11/h2-9,14,16H,1H3. The molecule has 0 amide bonds. The lowest BCUT2D eigenvalue weighted by molar-refractivity contribution is 0.220. The highest BCUT2D eigenvalue weighted by molar-refractivity contribution is 9.10. The van der Waals surface area contributed by atoms with Gasteiger partial charge >= 0.3 is 0 Å². The topological polar surface area (TPSA) is 20.2 Å². The third-order valence-corrected chi connectivity index (χ3v) is 3.50. The van der Waals surface area contributed by atoms with Crippen molar-refractivity contribution < 1.29 is 5.11 Å². The highest BCUT2D eigenvalue weighted by atomic mass is 79.9. The second kappa shape index (κ2) is 4.81. The predicted molar refractivity (Wildman–Crippen MR) is 69.4 cm³/mol. The number of aryl methyl sites for hydroxylation is 1. The molecule has 0 bridgehead atoms. The van der Waals surface area contributed by atoms with E-state index < -0.39 is 6.10 Å². The summed E-state index contributed by atoms with van der Waals surface area (Å²) >= 11 is 3.45. The third-order valence-electron chi connectivity index (χ3n) is 2.61. The highest BCUT2D eigenvalue weighted by Crippen LogP contribution is 2.25. The van der Waals surface area contributed by atoms with Crippen molar-refractivity contribution in [3.05, 3.63) is 69.7 Å². The first-order valence-corrected chi connectivity index (χ1v) is 5.97. The Balaban J connectivity index is 2.34. The van der Waals surface area contributed by atoms with Crippen molar-refractivity contribution in [3.8, 4) is 0 Å². The van der Waals surface area contributed by atoms with Crippen molar-refractivity contribution in [2.24, 2.45) is 0 Å². The minimum atomic E-state index is -0.548. The summed E-state index contributed by atoms with van der Waals surface area (Å²) in [7, 11) is 0. The Hall–Kier alpha value is -1.12. The summed E-state index contributed by atoms with van der Waals surface area (Å²) in [6.45, 7) is 2.02. The summed E-state index contributed by atoms with van der Waals surface area (Å²) in [6, 6.07) is 15.6. The van der Waals surface area contributed by atoms with Gasteiger partial charge in [-0.15, -0.1) is 0 Å². The van der Waals surface area contributed by atoms with Crippen LogP contribution in [0.2, 0.25) is 0 Å². The molecule has 2 heteroatoms. The summed E-state index contributed by atoms with van der Waals surface area (Å²) in [4.78, 5) is 0. The van der Waals surface area contributed by atoms with Gasteiger partial charge < -0.3 is 5.11 Å². The fourth-order valence-corrected chi connectivity index (χ4v) is 1.91. The maximum atomic E-state index is 10.2. The molecule has 0 aliphatic carbocycles. The van der Waals surface area contributed by atoms with Gasteiger partial charge in [-0.1, -0.05) is 58.4 Å². The lowest BCUT2D eigenvalue weighted by Gasteiger charge is -2.12. The van der Waals surface area contributed by atoms with Crippen LogP contribution in [-0.2, 0) is 0 Å². The van der Waals surface area contributed by atoms with Crippen LogP contribution in [0.4, 0.5) is 0 Å². The van der Waals surface area contributed by atoms with Crippen LogP contribution in [0.3, 0.4) is 0 Å². The number of aliphatic hydroxyl groups is 1. The van der Waals surface area contributed by atoms with Gasteiger partial charge in [-0.05, 0) is 29.7 Å². The Morgan fingerprint density at radius 2 is 1.69 bits per heavy atom. The van der Waals surface area contributed by atoms with Gasteiger partial charge in [0, 0.05) is 4.47 Å². The Morgan fingerprint density at radius 3 is 2.31 bits per heavy atom. The van der Waals surface area contributed by atoms with Crippen LogP contribution in [0.1, 0.15) is 22.8 Å². The zero-order valence-corrected chi connectivity index (χ0v) is 10.6. The van der Waals surface area contributed by atoms with Crippen LogP contribution in [-0.4, -0.2) is 5.11 Å². The molecule has 0 spiro atoms. The van der Waals surface area contributed by atoms with E-state index in [-0.39, 0.29) is 0 Å². The molecule has 0 saturated heterocycles. The molecular weight excluding hydrogens is 264 g/mol. The molecule has 1 unspecified atom stereocenters. The van der Waals surface area contributed by atoms with Crippen LogP contribution in [0.15, 0.2) is 53.0 Å². The quantitative estimate of drug-likeness (QED) is 0.884. The van der Waals surface area contributed by atoms with E-state index in [1.54, 1.807) is 0 Å². The Labute approximate surface area is 104 Å². The number of benzene rings is 2. The molecule has 0 heterocycles. The first kappa shape index (κ1) is 11.4. The fraction of sp³-hybridized carbons (Fsp3) is 0.143. The molecule has 0 aromatic heterocycles. The van der Waals surface area contributed by atoms with E-state index in [0.29, 0.717) is 0 Å². The van der Waals surface area contributed by atoms with E-state index in [2.05, 4.69) is 15.9 Å². The molecule has 1 N–H and O–H groups in total. The lowest BCUT2D eigenvalue weighted by atomic mass is 10.0. The molecule has 2 aromatic rings. The van der Waals surface area contributed by atoms with E-state index >= 15 is 0 Å². The molecule has 0 fully saturated rings. The lowest BCUT2D eigenvalue weighted by Crippen LogP contribution is -1.99. The Kier molecular flexibility index (Phi) is 3.42. The van der Waals surface area contributed by atoms with Gasteiger partial charge in [0.25, 0.3) is 0 Å². The van der Waals surface area contributed by atoms with Crippen molar-refractivity contribution in [3.63, 3.8) is 0 Å². The zero-order chi connectivity index (χ0) is 11.5. The van der Waals surface area contributed by atoms with Crippen molar-refractivity contribution in [2.45, 2.75) is 13.0 Å². The summed E-state index contributed by atoms with van der Waals surface area (Å²) in [5.41, 5.74) is 2.98. The van der Waals surface area contributed by atoms with E-state index in [0.717, 1.165) is 21.2 Å². The van der Waals surface area contributed by atoms with Crippen molar-refractivity contribution in [2.75, 3.05) is 0 Å². The zero-order valence-electron chi connectivity index (χ0n) is 9.02. The van der Waals surface area contributed by atoms with Gasteiger partial charge in [-0.2, -0.15) is 0 Å². The molecule has 2 aromatic carbocycles. The first-order valence-electron chi connectivity index (χ1n) is 5.17. The van der Waals surface area contributed by atoms with E-state index in [4.69, 9.17) is 0 Å². The molecule has 1 atom stereocenters. The molecule has 2 rings (SSSR count). The molecule has 82 valence electrons. The van der Waals surface area contributed by atoms with Gasteiger partial charge in [0.05, 0.1) is 0 Å². The van der Waals surface area contributed by atoms with Crippen LogP contribution in [0.5, 0.6) is 0 Å². The number of aliphatic hydroxyl groups excluding tert-OH is 1. The predicted octanol–water partition coefficient (Wildman–Crippen LogP) is 3.84. The molecule has 0 aliphatic rings. The van der Waals surface area contributed by atoms with Crippen molar-refractivity contribution in [1.82, 2.24) is 0 Å². The Bertz CT molecular complexity index is 479. The molecule has 0 aliphatic heterocycles. The molecule has 16 heavy (non-hydrogen) atoms. The number of hydrogen-bond acceptors (Lipinski definition) is 1. The fourth-order valence-electron chi connectivity index (χ4n) is 1.67. The Morgan fingerprint density at radius 1 is 1.00 bits per heavy atom. The van der Waals surface area contributed by atoms with Gasteiger partial charge in [0.15, 0.2) is 0 Å². The number of halogens is 1. The van der Waals surface area contributed by atoms with Crippen molar-refractivity contribution >= 4 is 15.9 Å². The summed E-state index contributed by atoms with van der Waals surface area (Å²) < 4.78 is 1.07. The second-order valence-corrected chi connectivity index (χ2v) is 4.68. The van der Waals surface area contributed by atoms with Gasteiger partial charge in [0.1, 0.15) is 6.10 Å². The SMILES string of the molecule is Cc1cc(C(O)c2ccccc2)ccc1Br. The molecule has 1 nitrogen and oxygen atoms in total.